The van der Waals surface area contributed by atoms with Crippen molar-refractivity contribution in [2.24, 2.45) is 0 Å². The van der Waals surface area contributed by atoms with Crippen molar-refractivity contribution < 1.29 is 5.11 Å². The molecule has 2 unspecified atom stereocenters. The lowest BCUT2D eigenvalue weighted by Gasteiger charge is -2.30. The zero-order valence-electron chi connectivity index (χ0n) is 11.3. The van der Waals surface area contributed by atoms with Crippen molar-refractivity contribution >= 4 is 0 Å². The van der Waals surface area contributed by atoms with E-state index in [9.17, 15) is 5.11 Å². The van der Waals surface area contributed by atoms with Crippen LogP contribution in [-0.4, -0.2) is 58.7 Å². The van der Waals surface area contributed by atoms with Gasteiger partial charge in [0.05, 0.1) is 6.61 Å². The lowest BCUT2D eigenvalue weighted by molar-refractivity contribution is 0.108. The summed E-state index contributed by atoms with van der Waals surface area (Å²) in [4.78, 5) is 8.77. The minimum absolute atomic E-state index is 0.230. The summed E-state index contributed by atoms with van der Waals surface area (Å²) in [6.07, 6.45) is 4.83. The Morgan fingerprint density at radius 2 is 2.11 bits per heavy atom. The Labute approximate surface area is 109 Å². The highest BCUT2D eigenvalue weighted by molar-refractivity contribution is 5.09. The van der Waals surface area contributed by atoms with E-state index >= 15 is 0 Å². The molecule has 4 heteroatoms. The molecule has 100 valence electrons. The maximum atomic E-state index is 9.51. The van der Waals surface area contributed by atoms with Gasteiger partial charge in [0.2, 0.25) is 0 Å². The molecule has 1 aliphatic heterocycles. The molecule has 0 aliphatic carbocycles. The van der Waals surface area contributed by atoms with Gasteiger partial charge < -0.3 is 5.11 Å². The summed E-state index contributed by atoms with van der Waals surface area (Å²) in [6.45, 7) is 5.43. The van der Waals surface area contributed by atoms with E-state index in [-0.39, 0.29) is 12.6 Å². The number of aliphatic hydroxyl groups excluding tert-OH is 1. The Morgan fingerprint density at radius 3 is 2.78 bits per heavy atom. The Kier molecular flexibility index (Phi) is 4.69. The summed E-state index contributed by atoms with van der Waals surface area (Å²) in [5.74, 6) is 0. The lowest BCUT2D eigenvalue weighted by Crippen LogP contribution is -2.43. The average molecular weight is 249 g/mol. The lowest BCUT2D eigenvalue weighted by atomic mass is 10.2. The first-order valence-electron chi connectivity index (χ1n) is 6.64. The average Bonchev–Trinajstić information content (AvgIpc) is 2.53. The van der Waals surface area contributed by atoms with Crippen LogP contribution >= 0.6 is 0 Å². The quantitative estimate of drug-likeness (QED) is 0.866. The highest BCUT2D eigenvalue weighted by atomic mass is 16.3. The molecule has 2 atom stereocenters. The van der Waals surface area contributed by atoms with E-state index in [0.717, 1.165) is 26.1 Å². The molecular weight excluding hydrogens is 226 g/mol. The number of hydrogen-bond donors (Lipinski definition) is 1. The van der Waals surface area contributed by atoms with Crippen molar-refractivity contribution in [1.29, 1.82) is 0 Å². The first-order chi connectivity index (χ1) is 8.70. The largest absolute Gasteiger partial charge is 0.395 e. The Bertz CT molecular complexity index is 357. The van der Waals surface area contributed by atoms with Gasteiger partial charge in [-0.25, -0.2) is 0 Å². The molecular formula is C14H23N3O. The van der Waals surface area contributed by atoms with Crippen molar-refractivity contribution in [3.05, 3.63) is 30.1 Å². The van der Waals surface area contributed by atoms with Crippen molar-refractivity contribution in [2.45, 2.75) is 32.0 Å². The van der Waals surface area contributed by atoms with Crippen LogP contribution in [-0.2, 0) is 6.54 Å². The Hall–Kier alpha value is -0.970. The highest BCUT2D eigenvalue weighted by Crippen LogP contribution is 2.16. The highest BCUT2D eigenvalue weighted by Gasteiger charge is 2.25. The van der Waals surface area contributed by atoms with Gasteiger partial charge in [0.25, 0.3) is 0 Å². The van der Waals surface area contributed by atoms with Gasteiger partial charge in [-0.2, -0.15) is 0 Å². The van der Waals surface area contributed by atoms with Crippen molar-refractivity contribution in [3.63, 3.8) is 0 Å². The van der Waals surface area contributed by atoms with Gasteiger partial charge in [0, 0.05) is 44.1 Å². The third-order valence-corrected chi connectivity index (χ3v) is 3.97. The number of rotatable bonds is 3. The maximum Gasteiger partial charge on any atom is 0.0599 e. The van der Waals surface area contributed by atoms with E-state index < -0.39 is 0 Å². The minimum atomic E-state index is 0.230. The molecule has 1 aromatic rings. The van der Waals surface area contributed by atoms with Gasteiger partial charge in [0.1, 0.15) is 0 Å². The van der Waals surface area contributed by atoms with Gasteiger partial charge in [-0.3, -0.25) is 14.8 Å². The zero-order valence-corrected chi connectivity index (χ0v) is 11.3. The summed E-state index contributed by atoms with van der Waals surface area (Å²) >= 11 is 0. The van der Waals surface area contributed by atoms with E-state index in [1.807, 2.05) is 12.4 Å². The van der Waals surface area contributed by atoms with Gasteiger partial charge in [-0.05, 0) is 38.1 Å². The smallest absolute Gasteiger partial charge is 0.0599 e. The number of aliphatic hydroxyl groups is 1. The standard InChI is InChI=1S/C14H23N3O/c1-12-5-8-17(10-14(11-18)16(12)2)9-13-3-6-15-7-4-13/h3-4,6-7,12,14,18H,5,8-11H2,1-2H3. The van der Waals surface area contributed by atoms with Crippen molar-refractivity contribution in [2.75, 3.05) is 26.7 Å². The van der Waals surface area contributed by atoms with Crippen LogP contribution in [0.15, 0.2) is 24.5 Å². The van der Waals surface area contributed by atoms with Crippen LogP contribution in [0, 0.1) is 0 Å². The molecule has 0 radical (unpaired) electrons. The summed E-state index contributed by atoms with van der Waals surface area (Å²) in [7, 11) is 2.11. The fourth-order valence-electron chi connectivity index (χ4n) is 2.53. The number of aromatic nitrogens is 1. The molecule has 1 saturated heterocycles. The Morgan fingerprint density at radius 1 is 1.39 bits per heavy atom. The van der Waals surface area contributed by atoms with Crippen LogP contribution in [0.2, 0.25) is 0 Å². The summed E-state index contributed by atoms with van der Waals surface area (Å²) in [5, 5.41) is 9.51. The van der Waals surface area contributed by atoms with Gasteiger partial charge in [-0.15, -0.1) is 0 Å². The molecule has 0 amide bonds. The molecule has 4 nitrogen and oxygen atoms in total. The molecule has 1 aliphatic rings. The molecule has 2 rings (SSSR count). The molecule has 0 bridgehead atoms. The van der Waals surface area contributed by atoms with Gasteiger partial charge in [0.15, 0.2) is 0 Å². The first-order valence-corrected chi connectivity index (χ1v) is 6.64. The summed E-state index contributed by atoms with van der Waals surface area (Å²) in [5.41, 5.74) is 1.29. The fourth-order valence-corrected chi connectivity index (χ4v) is 2.53. The van der Waals surface area contributed by atoms with Gasteiger partial charge in [-0.1, -0.05) is 0 Å². The van der Waals surface area contributed by atoms with Crippen LogP contribution in [0.5, 0.6) is 0 Å². The van der Waals surface area contributed by atoms with E-state index in [0.29, 0.717) is 6.04 Å². The number of nitrogens with zero attached hydrogens (tertiary/aromatic N) is 3. The normalized spacial score (nSPS) is 27.1. The predicted octanol–water partition coefficient (Wildman–Crippen LogP) is 0.968. The predicted molar refractivity (Wildman–Crippen MR) is 72.2 cm³/mol. The van der Waals surface area contributed by atoms with Gasteiger partial charge >= 0.3 is 0 Å². The topological polar surface area (TPSA) is 39.6 Å². The van der Waals surface area contributed by atoms with E-state index in [1.54, 1.807) is 0 Å². The maximum absolute atomic E-state index is 9.51. The van der Waals surface area contributed by atoms with Crippen LogP contribution in [0.25, 0.3) is 0 Å². The molecule has 0 saturated carbocycles. The Balaban J connectivity index is 2.01. The number of likely N-dealkylation sites (N-methyl/N-ethyl adjacent to an activating group) is 1. The second kappa shape index (κ2) is 6.27. The number of pyridine rings is 1. The molecule has 0 spiro atoms. The molecule has 0 aromatic carbocycles. The molecule has 1 N–H and O–H groups in total. The van der Waals surface area contributed by atoms with Crippen molar-refractivity contribution in [3.8, 4) is 0 Å². The van der Waals surface area contributed by atoms with Crippen LogP contribution in [0.1, 0.15) is 18.9 Å². The van der Waals surface area contributed by atoms with E-state index in [4.69, 9.17) is 0 Å². The van der Waals surface area contributed by atoms with E-state index in [1.165, 1.54) is 5.56 Å². The molecule has 1 aromatic heterocycles. The van der Waals surface area contributed by atoms with Crippen LogP contribution in [0.4, 0.5) is 0 Å². The second-order valence-corrected chi connectivity index (χ2v) is 5.23. The minimum Gasteiger partial charge on any atom is -0.395 e. The summed E-state index contributed by atoms with van der Waals surface area (Å²) < 4.78 is 0. The molecule has 2 heterocycles. The second-order valence-electron chi connectivity index (χ2n) is 5.23. The van der Waals surface area contributed by atoms with Crippen LogP contribution in [0.3, 0.4) is 0 Å². The molecule has 1 fully saturated rings. The summed E-state index contributed by atoms with van der Waals surface area (Å²) in [6, 6.07) is 4.90. The van der Waals surface area contributed by atoms with Crippen LogP contribution < -0.4 is 0 Å². The SMILES string of the molecule is CC1CCN(Cc2ccncc2)CC(CO)N1C. The zero-order chi connectivity index (χ0) is 13.0. The van der Waals surface area contributed by atoms with Crippen molar-refractivity contribution in [1.82, 2.24) is 14.8 Å². The molecule has 18 heavy (non-hydrogen) atoms. The van der Waals surface area contributed by atoms with E-state index in [2.05, 4.69) is 40.9 Å². The fraction of sp³-hybridized carbons (Fsp3) is 0.643. The third-order valence-electron chi connectivity index (χ3n) is 3.97. The number of hydrogen-bond acceptors (Lipinski definition) is 4. The monoisotopic (exact) mass is 249 g/mol. The third kappa shape index (κ3) is 3.28. The first kappa shape index (κ1) is 13.5.